The van der Waals surface area contributed by atoms with Crippen molar-refractivity contribution in [3.8, 4) is 0 Å². The van der Waals surface area contributed by atoms with E-state index in [0.717, 1.165) is 0 Å². The molecular weight excluding hydrogens is 232 g/mol. The Kier molecular flexibility index (Phi) is 9.71. The first-order valence-corrected chi connectivity index (χ1v) is 6.28. The minimum atomic E-state index is -0.807. The van der Waals surface area contributed by atoms with Gasteiger partial charge in [-0.3, -0.25) is 4.79 Å². The summed E-state index contributed by atoms with van der Waals surface area (Å²) in [6.45, 7) is 2.88. The van der Waals surface area contributed by atoms with Gasteiger partial charge in [0.05, 0.1) is 31.8 Å². The molecule has 0 radical (unpaired) electrons. The van der Waals surface area contributed by atoms with Crippen molar-refractivity contribution < 1.29 is 24.5 Å². The van der Waals surface area contributed by atoms with E-state index < -0.39 is 12.1 Å². The molecule has 0 spiro atoms. The van der Waals surface area contributed by atoms with Crippen LogP contribution in [0, 0.1) is 5.92 Å². The van der Waals surface area contributed by atoms with Crippen LogP contribution in [0.15, 0.2) is 0 Å². The van der Waals surface area contributed by atoms with Gasteiger partial charge in [-0.05, 0) is 0 Å². The topological polar surface area (TPSA) is 76.0 Å². The second-order valence-corrected chi connectivity index (χ2v) is 4.57. The van der Waals surface area contributed by atoms with E-state index in [-0.39, 0.29) is 12.5 Å². The van der Waals surface area contributed by atoms with Gasteiger partial charge in [-0.15, -0.1) is 0 Å². The predicted octanol–water partition coefficient (Wildman–Crippen LogP) is 0.464. The molecular formula is C10H20O5S. The number of aliphatic carboxylic acids is 1. The third kappa shape index (κ3) is 8.96. The van der Waals surface area contributed by atoms with Gasteiger partial charge in [0.2, 0.25) is 0 Å². The summed E-state index contributed by atoms with van der Waals surface area (Å²) in [4.78, 5) is 10.5. The third-order valence-corrected chi connectivity index (χ3v) is 3.20. The number of carboxylic acids is 1. The molecule has 6 heteroatoms. The number of ether oxygens (including phenoxy) is 2. The molecule has 0 aromatic carbocycles. The van der Waals surface area contributed by atoms with Gasteiger partial charge in [0.25, 0.3) is 0 Å². The van der Waals surface area contributed by atoms with Crippen molar-refractivity contribution >= 4 is 17.7 Å². The Morgan fingerprint density at radius 2 is 2.06 bits per heavy atom. The van der Waals surface area contributed by atoms with Gasteiger partial charge in [0.1, 0.15) is 0 Å². The fraction of sp³-hybridized carbons (Fsp3) is 0.900. The summed E-state index contributed by atoms with van der Waals surface area (Å²) >= 11 is 1.42. The van der Waals surface area contributed by atoms with Crippen LogP contribution in [-0.4, -0.2) is 60.7 Å². The molecule has 5 nitrogen and oxygen atoms in total. The standard InChI is InChI=1S/C10H20O5S/c1-8(10(12)13)6-16-7-9(11)5-15-4-3-14-2/h8-9,11H,3-7H2,1-2H3,(H,12,13). The number of hydrogen-bond donors (Lipinski definition) is 2. The molecule has 0 rings (SSSR count). The van der Waals surface area contributed by atoms with Crippen molar-refractivity contribution in [3.05, 3.63) is 0 Å². The monoisotopic (exact) mass is 252 g/mol. The van der Waals surface area contributed by atoms with Crippen LogP contribution in [0.1, 0.15) is 6.92 Å². The molecule has 0 aromatic heterocycles. The molecule has 2 atom stereocenters. The SMILES string of the molecule is COCCOCC(O)CSCC(C)C(=O)O. The van der Waals surface area contributed by atoms with E-state index in [1.165, 1.54) is 11.8 Å². The molecule has 96 valence electrons. The lowest BCUT2D eigenvalue weighted by molar-refractivity contribution is -0.140. The number of carbonyl (C=O) groups is 1. The van der Waals surface area contributed by atoms with Crippen LogP contribution in [-0.2, 0) is 14.3 Å². The van der Waals surface area contributed by atoms with Gasteiger partial charge in [0.15, 0.2) is 0 Å². The Hall–Kier alpha value is -0.300. The highest BCUT2D eigenvalue weighted by molar-refractivity contribution is 7.99. The number of aliphatic hydroxyl groups is 1. The average Bonchev–Trinajstić information content (AvgIpc) is 2.24. The largest absolute Gasteiger partial charge is 0.481 e. The zero-order valence-corrected chi connectivity index (χ0v) is 10.5. The lowest BCUT2D eigenvalue weighted by atomic mass is 10.2. The van der Waals surface area contributed by atoms with Crippen molar-refractivity contribution in [2.75, 3.05) is 38.4 Å². The Bertz CT molecular complexity index is 188. The number of carboxylic acid groups (broad SMARTS) is 1. The molecule has 0 aliphatic carbocycles. The summed E-state index contributed by atoms with van der Waals surface area (Å²) in [5.41, 5.74) is 0. The molecule has 0 heterocycles. The van der Waals surface area contributed by atoms with Crippen LogP contribution < -0.4 is 0 Å². The van der Waals surface area contributed by atoms with Crippen LogP contribution >= 0.6 is 11.8 Å². The number of methoxy groups -OCH3 is 1. The van der Waals surface area contributed by atoms with E-state index in [1.807, 2.05) is 0 Å². The van der Waals surface area contributed by atoms with Crippen LogP contribution in [0.4, 0.5) is 0 Å². The number of hydrogen-bond acceptors (Lipinski definition) is 5. The van der Waals surface area contributed by atoms with Gasteiger partial charge in [-0.1, -0.05) is 6.92 Å². The molecule has 2 N–H and O–H groups in total. The Morgan fingerprint density at radius 3 is 2.62 bits per heavy atom. The summed E-state index contributed by atoms with van der Waals surface area (Å²) in [6.07, 6.45) is -0.553. The summed E-state index contributed by atoms with van der Waals surface area (Å²) in [5, 5.41) is 18.1. The lowest BCUT2D eigenvalue weighted by Gasteiger charge is -2.11. The van der Waals surface area contributed by atoms with Gasteiger partial charge >= 0.3 is 5.97 Å². The maximum atomic E-state index is 10.5. The van der Waals surface area contributed by atoms with Gasteiger partial charge in [-0.2, -0.15) is 11.8 Å². The maximum absolute atomic E-state index is 10.5. The smallest absolute Gasteiger partial charge is 0.307 e. The van der Waals surface area contributed by atoms with Crippen LogP contribution in [0.3, 0.4) is 0 Å². The number of rotatable bonds is 10. The van der Waals surface area contributed by atoms with Gasteiger partial charge < -0.3 is 19.7 Å². The number of aliphatic hydroxyl groups excluding tert-OH is 1. The summed E-state index contributed by atoms with van der Waals surface area (Å²) in [6, 6.07) is 0. The van der Waals surface area contributed by atoms with Gasteiger partial charge in [-0.25, -0.2) is 0 Å². The molecule has 0 saturated carbocycles. The van der Waals surface area contributed by atoms with Crippen molar-refractivity contribution in [2.45, 2.75) is 13.0 Å². The molecule has 0 aliphatic rings. The fourth-order valence-corrected chi connectivity index (χ4v) is 1.86. The van der Waals surface area contributed by atoms with E-state index in [1.54, 1.807) is 14.0 Å². The van der Waals surface area contributed by atoms with E-state index in [4.69, 9.17) is 14.6 Å². The molecule has 0 fully saturated rings. The quantitative estimate of drug-likeness (QED) is 0.550. The molecule has 0 aliphatic heterocycles. The Balaban J connectivity index is 3.36. The normalized spacial score (nSPS) is 14.7. The number of thioether (sulfide) groups is 1. The molecule has 0 saturated heterocycles. The van der Waals surface area contributed by atoms with E-state index in [9.17, 15) is 9.90 Å². The Morgan fingerprint density at radius 1 is 1.38 bits per heavy atom. The first kappa shape index (κ1) is 15.7. The first-order valence-electron chi connectivity index (χ1n) is 5.13. The lowest BCUT2D eigenvalue weighted by Crippen LogP contribution is -2.21. The molecule has 2 unspecified atom stereocenters. The second-order valence-electron chi connectivity index (χ2n) is 3.50. The summed E-state index contributed by atoms with van der Waals surface area (Å²) < 4.78 is 9.92. The summed E-state index contributed by atoms with van der Waals surface area (Å²) in [5.74, 6) is -0.195. The highest BCUT2D eigenvalue weighted by Crippen LogP contribution is 2.10. The van der Waals surface area contributed by atoms with E-state index in [2.05, 4.69) is 0 Å². The van der Waals surface area contributed by atoms with Crippen molar-refractivity contribution in [3.63, 3.8) is 0 Å². The molecule has 0 bridgehead atoms. The molecule has 0 aromatic rings. The zero-order chi connectivity index (χ0) is 12.4. The highest BCUT2D eigenvalue weighted by atomic mass is 32.2. The minimum Gasteiger partial charge on any atom is -0.481 e. The molecule has 16 heavy (non-hydrogen) atoms. The Labute approximate surface area is 100 Å². The average molecular weight is 252 g/mol. The fourth-order valence-electron chi connectivity index (χ4n) is 0.862. The molecule has 0 amide bonds. The maximum Gasteiger partial charge on any atom is 0.307 e. The predicted molar refractivity (Wildman–Crippen MR) is 62.8 cm³/mol. The van der Waals surface area contributed by atoms with Crippen molar-refractivity contribution in [1.29, 1.82) is 0 Å². The van der Waals surface area contributed by atoms with Crippen molar-refractivity contribution in [2.24, 2.45) is 5.92 Å². The van der Waals surface area contributed by atoms with Crippen molar-refractivity contribution in [1.82, 2.24) is 0 Å². The zero-order valence-electron chi connectivity index (χ0n) is 9.72. The first-order chi connectivity index (χ1) is 7.57. The second kappa shape index (κ2) is 9.89. The summed E-state index contributed by atoms with van der Waals surface area (Å²) in [7, 11) is 1.59. The van der Waals surface area contributed by atoms with Crippen LogP contribution in [0.5, 0.6) is 0 Å². The third-order valence-electron chi connectivity index (χ3n) is 1.84. The van der Waals surface area contributed by atoms with Crippen LogP contribution in [0.25, 0.3) is 0 Å². The van der Waals surface area contributed by atoms with E-state index in [0.29, 0.717) is 24.7 Å². The van der Waals surface area contributed by atoms with E-state index >= 15 is 0 Å². The van der Waals surface area contributed by atoms with Gasteiger partial charge in [0, 0.05) is 18.6 Å². The minimum absolute atomic E-state index is 0.262. The highest BCUT2D eigenvalue weighted by Gasteiger charge is 2.12. The van der Waals surface area contributed by atoms with Crippen LogP contribution in [0.2, 0.25) is 0 Å².